The number of fused-ring (bicyclic) bond motifs is 2. The normalized spacial score (nSPS) is 54.4. The maximum atomic E-state index is 5.74. The molecule has 0 radical (unpaired) electrons. The molecule has 2 fully saturated rings. The van der Waals surface area contributed by atoms with Gasteiger partial charge in [0.25, 0.3) is 0 Å². The van der Waals surface area contributed by atoms with Crippen molar-refractivity contribution < 1.29 is 18.9 Å². The molecule has 2 aliphatic heterocycles. The molecule has 2 aliphatic rings. The Bertz CT molecular complexity index is 212. The summed E-state index contributed by atoms with van der Waals surface area (Å²) in [4.78, 5) is 0. The Balaban J connectivity index is 2.29. The lowest BCUT2D eigenvalue weighted by molar-refractivity contribution is -0.280. The van der Waals surface area contributed by atoms with E-state index in [1.807, 2.05) is 14.8 Å². The van der Waals surface area contributed by atoms with Crippen LogP contribution in [0.1, 0.15) is 6.92 Å². The third-order valence-corrected chi connectivity index (χ3v) is 3.03. The zero-order valence-electron chi connectivity index (χ0n) is 8.44. The van der Waals surface area contributed by atoms with Crippen molar-refractivity contribution >= 4 is 7.85 Å². The summed E-state index contributed by atoms with van der Waals surface area (Å²) in [5, 5.41) is 0. The summed E-state index contributed by atoms with van der Waals surface area (Å²) in [5.74, 6) is -0.696. The highest BCUT2D eigenvalue weighted by Gasteiger charge is 2.65. The first-order chi connectivity index (χ1) is 6.15. The van der Waals surface area contributed by atoms with Gasteiger partial charge in [0.2, 0.25) is 5.79 Å². The summed E-state index contributed by atoms with van der Waals surface area (Å²) < 4.78 is 22.2. The summed E-state index contributed by atoms with van der Waals surface area (Å²) >= 11 is 0. The van der Waals surface area contributed by atoms with Gasteiger partial charge in [0.15, 0.2) is 0 Å². The molecule has 0 aliphatic carbocycles. The Kier molecular flexibility index (Phi) is 2.15. The van der Waals surface area contributed by atoms with Crippen LogP contribution in [0.2, 0.25) is 0 Å². The second-order valence-electron chi connectivity index (χ2n) is 3.65. The molecular formula is C8H15BO4. The molecule has 0 aromatic rings. The minimum atomic E-state index is -0.696. The van der Waals surface area contributed by atoms with Gasteiger partial charge in [-0.1, -0.05) is 0 Å². The molecule has 2 rings (SSSR count). The number of hydrogen-bond acceptors (Lipinski definition) is 4. The van der Waals surface area contributed by atoms with Gasteiger partial charge < -0.3 is 18.9 Å². The lowest BCUT2D eigenvalue weighted by Crippen LogP contribution is -2.48. The molecule has 5 heteroatoms. The van der Waals surface area contributed by atoms with Crippen LogP contribution in [-0.2, 0) is 18.9 Å². The molecule has 2 heterocycles. The second-order valence-corrected chi connectivity index (χ2v) is 3.65. The maximum absolute atomic E-state index is 5.74. The zero-order valence-corrected chi connectivity index (χ0v) is 8.44. The van der Waals surface area contributed by atoms with Crippen LogP contribution in [-0.4, -0.2) is 52.2 Å². The van der Waals surface area contributed by atoms with Gasteiger partial charge in [-0.15, -0.1) is 0 Å². The fraction of sp³-hybridized carbons (Fsp3) is 1.00. The van der Waals surface area contributed by atoms with E-state index in [4.69, 9.17) is 18.9 Å². The van der Waals surface area contributed by atoms with Crippen LogP contribution < -0.4 is 0 Å². The van der Waals surface area contributed by atoms with Crippen molar-refractivity contribution in [3.8, 4) is 0 Å². The van der Waals surface area contributed by atoms with Crippen LogP contribution in [0.15, 0.2) is 0 Å². The SMILES string of the molecule is B[C@@H]1O[C@]2(OC)C(OC)[C@@H]1O[C@@H]2C. The topological polar surface area (TPSA) is 36.9 Å². The van der Waals surface area contributed by atoms with Gasteiger partial charge in [-0.05, 0) is 6.92 Å². The molecule has 0 spiro atoms. The van der Waals surface area contributed by atoms with Crippen molar-refractivity contribution in [3.05, 3.63) is 0 Å². The van der Waals surface area contributed by atoms with E-state index in [1.54, 1.807) is 14.2 Å². The Morgan fingerprint density at radius 1 is 1.38 bits per heavy atom. The number of hydrogen-bond donors (Lipinski definition) is 0. The minimum absolute atomic E-state index is 0.0000463. The van der Waals surface area contributed by atoms with E-state index in [-0.39, 0.29) is 24.3 Å². The highest BCUT2D eigenvalue weighted by Crippen LogP contribution is 2.45. The summed E-state index contributed by atoms with van der Waals surface area (Å²) in [7, 11) is 5.27. The fourth-order valence-corrected chi connectivity index (χ4v) is 2.37. The Morgan fingerprint density at radius 3 is 2.54 bits per heavy atom. The predicted molar refractivity (Wildman–Crippen MR) is 48.3 cm³/mol. The van der Waals surface area contributed by atoms with Gasteiger partial charge in [-0.2, -0.15) is 0 Å². The number of methoxy groups -OCH3 is 2. The lowest BCUT2D eigenvalue weighted by Gasteiger charge is -2.33. The van der Waals surface area contributed by atoms with Gasteiger partial charge >= 0.3 is 0 Å². The first-order valence-corrected chi connectivity index (χ1v) is 4.57. The standard InChI is InChI=1S/C8H15BO4/c1-4-8(11-3)6(10-2)5(12-4)7(9)13-8/h4-7H,9H2,1-3H3/t4-,5+,6?,7-,8+/m1/s1. The highest BCUT2D eigenvalue weighted by molar-refractivity contribution is 6.11. The molecule has 13 heavy (non-hydrogen) atoms. The molecule has 1 unspecified atom stereocenters. The number of rotatable bonds is 2. The van der Waals surface area contributed by atoms with E-state index in [0.717, 1.165) is 0 Å². The van der Waals surface area contributed by atoms with Crippen LogP contribution in [0.5, 0.6) is 0 Å². The smallest absolute Gasteiger partial charge is 0.223 e. The highest BCUT2D eigenvalue weighted by atomic mass is 16.8. The number of ether oxygens (including phenoxy) is 4. The maximum Gasteiger partial charge on any atom is 0.223 e. The van der Waals surface area contributed by atoms with Gasteiger partial charge in [-0.25, -0.2) is 0 Å². The molecular weight excluding hydrogens is 171 g/mol. The summed E-state index contributed by atoms with van der Waals surface area (Å²) in [6.07, 6.45) is -0.175. The van der Waals surface area contributed by atoms with Crippen LogP contribution in [0.3, 0.4) is 0 Å². The third-order valence-electron chi connectivity index (χ3n) is 3.03. The van der Waals surface area contributed by atoms with Gasteiger partial charge in [0, 0.05) is 14.2 Å². The van der Waals surface area contributed by atoms with Crippen molar-refractivity contribution in [3.63, 3.8) is 0 Å². The van der Waals surface area contributed by atoms with Crippen molar-refractivity contribution in [2.75, 3.05) is 14.2 Å². The zero-order chi connectivity index (χ0) is 9.64. The minimum Gasteiger partial charge on any atom is -0.373 e. The Morgan fingerprint density at radius 2 is 2.08 bits per heavy atom. The molecule has 5 atom stereocenters. The molecule has 0 amide bonds. The van der Waals surface area contributed by atoms with Gasteiger partial charge in [0.1, 0.15) is 26.2 Å². The summed E-state index contributed by atoms with van der Waals surface area (Å²) in [6.45, 7) is 1.95. The van der Waals surface area contributed by atoms with Crippen LogP contribution in [0.25, 0.3) is 0 Å². The molecule has 0 aromatic carbocycles. The van der Waals surface area contributed by atoms with Gasteiger partial charge in [0.05, 0.1) is 6.00 Å². The summed E-state index contributed by atoms with van der Waals surface area (Å²) in [5.41, 5.74) is 0. The molecule has 74 valence electrons. The van der Waals surface area contributed by atoms with Crippen LogP contribution in [0.4, 0.5) is 0 Å². The van der Waals surface area contributed by atoms with E-state index in [0.29, 0.717) is 0 Å². The van der Waals surface area contributed by atoms with Crippen molar-refractivity contribution in [2.24, 2.45) is 0 Å². The Labute approximate surface area is 78.9 Å². The van der Waals surface area contributed by atoms with Crippen LogP contribution in [0, 0.1) is 0 Å². The first-order valence-electron chi connectivity index (χ1n) is 4.57. The molecule has 0 aromatic heterocycles. The molecule has 0 N–H and O–H groups in total. The van der Waals surface area contributed by atoms with E-state index in [2.05, 4.69) is 0 Å². The molecule has 4 nitrogen and oxygen atoms in total. The molecule has 2 saturated heterocycles. The van der Waals surface area contributed by atoms with Crippen molar-refractivity contribution in [2.45, 2.75) is 37.0 Å². The third kappa shape index (κ3) is 1.02. The fourth-order valence-electron chi connectivity index (χ4n) is 2.37. The molecule has 2 bridgehead atoms. The second kappa shape index (κ2) is 2.95. The Hall–Kier alpha value is -0.0951. The quantitative estimate of drug-likeness (QED) is 0.525. The lowest BCUT2D eigenvalue weighted by atomic mass is 9.93. The van der Waals surface area contributed by atoms with Gasteiger partial charge in [-0.3, -0.25) is 0 Å². The van der Waals surface area contributed by atoms with Crippen LogP contribution >= 0.6 is 0 Å². The largest absolute Gasteiger partial charge is 0.373 e. The van der Waals surface area contributed by atoms with Crippen molar-refractivity contribution in [1.82, 2.24) is 0 Å². The van der Waals surface area contributed by atoms with E-state index < -0.39 is 5.79 Å². The van der Waals surface area contributed by atoms with E-state index >= 15 is 0 Å². The van der Waals surface area contributed by atoms with E-state index in [1.165, 1.54) is 0 Å². The summed E-state index contributed by atoms with van der Waals surface area (Å²) in [6, 6.07) is 0.0427. The first kappa shape index (κ1) is 9.46. The average molecular weight is 186 g/mol. The molecule has 0 saturated carbocycles. The predicted octanol–water partition coefficient (Wildman–Crippen LogP) is -0.879. The van der Waals surface area contributed by atoms with E-state index in [9.17, 15) is 0 Å². The monoisotopic (exact) mass is 186 g/mol. The average Bonchev–Trinajstić information content (AvgIpc) is 2.54. The van der Waals surface area contributed by atoms with Crippen molar-refractivity contribution in [1.29, 1.82) is 0 Å².